The van der Waals surface area contributed by atoms with Crippen LogP contribution in [0, 0.1) is 0 Å². The maximum absolute atomic E-state index is 13.2. The maximum Gasteiger partial charge on any atom is 0.219 e. The van der Waals surface area contributed by atoms with Gasteiger partial charge in [0, 0.05) is 11.3 Å². The van der Waals surface area contributed by atoms with Crippen molar-refractivity contribution in [2.75, 3.05) is 12.4 Å². The van der Waals surface area contributed by atoms with E-state index < -0.39 is 25.2 Å². The van der Waals surface area contributed by atoms with Gasteiger partial charge in [-0.3, -0.25) is 4.79 Å². The molecule has 1 aromatic carbocycles. The topological polar surface area (TPSA) is 17.1 Å². The zero-order valence-electron chi connectivity index (χ0n) is 10.8. The van der Waals surface area contributed by atoms with Crippen LogP contribution < -0.4 is 0 Å². The van der Waals surface area contributed by atoms with Crippen LogP contribution in [0.4, 0.5) is 17.6 Å². The molecule has 6 heteroatoms. The SMILES string of the molecule is O=C(SCCCC(F)C(F)C(F)CF)c1ccccc1. The minimum absolute atomic E-state index is 0.148. The number of hydrogen-bond acceptors (Lipinski definition) is 2. The highest BCUT2D eigenvalue weighted by molar-refractivity contribution is 8.14. The van der Waals surface area contributed by atoms with Crippen LogP contribution in [-0.4, -0.2) is 36.1 Å². The third-order valence-electron chi connectivity index (χ3n) is 2.71. The lowest BCUT2D eigenvalue weighted by atomic mass is 10.1. The molecule has 0 saturated heterocycles. The number of carbonyl (C=O) groups is 1. The predicted octanol–water partition coefficient (Wildman–Crippen LogP) is 4.32. The number of rotatable bonds is 8. The Kier molecular flexibility index (Phi) is 7.65. The average molecular weight is 308 g/mol. The van der Waals surface area contributed by atoms with Gasteiger partial charge in [0.25, 0.3) is 0 Å². The van der Waals surface area contributed by atoms with Crippen LogP contribution in [0.1, 0.15) is 23.2 Å². The van der Waals surface area contributed by atoms with Crippen LogP contribution in [0.2, 0.25) is 0 Å². The van der Waals surface area contributed by atoms with Gasteiger partial charge in [-0.15, -0.1) is 0 Å². The van der Waals surface area contributed by atoms with Crippen molar-refractivity contribution in [1.82, 2.24) is 0 Å². The number of benzene rings is 1. The van der Waals surface area contributed by atoms with Gasteiger partial charge < -0.3 is 0 Å². The van der Waals surface area contributed by atoms with E-state index in [-0.39, 0.29) is 18.0 Å². The first-order valence-corrected chi connectivity index (χ1v) is 7.25. The molecule has 0 aliphatic heterocycles. The molecule has 0 spiro atoms. The first kappa shape index (κ1) is 17.0. The molecule has 1 nitrogen and oxygen atoms in total. The second-order valence-corrected chi connectivity index (χ2v) is 5.34. The minimum Gasteiger partial charge on any atom is -0.282 e. The standard InChI is InChI=1S/C14H16F4OS/c15-9-12(17)13(18)11(16)7-4-8-20-14(19)10-5-2-1-3-6-10/h1-3,5-6,11-13H,4,7-9H2. The van der Waals surface area contributed by atoms with Gasteiger partial charge in [-0.05, 0) is 12.8 Å². The molecule has 3 unspecified atom stereocenters. The monoisotopic (exact) mass is 308 g/mol. The molecule has 0 N–H and O–H groups in total. The summed E-state index contributed by atoms with van der Waals surface area (Å²) >= 11 is 1.00. The summed E-state index contributed by atoms with van der Waals surface area (Å²) in [6.07, 6.45) is -6.88. The second-order valence-electron chi connectivity index (χ2n) is 4.27. The molecule has 0 aromatic heterocycles. The molecule has 1 rings (SSSR count). The van der Waals surface area contributed by atoms with Crippen LogP contribution in [0.15, 0.2) is 30.3 Å². The molecule has 0 amide bonds. The summed E-state index contributed by atoms with van der Waals surface area (Å²) < 4.78 is 50.6. The van der Waals surface area contributed by atoms with E-state index >= 15 is 0 Å². The van der Waals surface area contributed by atoms with E-state index in [1.54, 1.807) is 30.3 Å². The van der Waals surface area contributed by atoms with E-state index in [0.717, 1.165) is 11.8 Å². The van der Waals surface area contributed by atoms with Crippen LogP contribution in [0.3, 0.4) is 0 Å². The van der Waals surface area contributed by atoms with Crippen LogP contribution in [-0.2, 0) is 0 Å². The van der Waals surface area contributed by atoms with Gasteiger partial charge in [0.05, 0.1) is 0 Å². The van der Waals surface area contributed by atoms with Crippen LogP contribution in [0.25, 0.3) is 0 Å². The molecule has 0 radical (unpaired) electrons. The second kappa shape index (κ2) is 9.00. The lowest BCUT2D eigenvalue weighted by molar-refractivity contribution is 0.0630. The molecule has 0 aliphatic carbocycles. The van der Waals surface area contributed by atoms with Crippen molar-refractivity contribution in [2.24, 2.45) is 0 Å². The zero-order valence-corrected chi connectivity index (χ0v) is 11.6. The smallest absolute Gasteiger partial charge is 0.219 e. The lowest BCUT2D eigenvalue weighted by Crippen LogP contribution is -2.29. The largest absolute Gasteiger partial charge is 0.282 e. The minimum atomic E-state index is -2.44. The summed E-state index contributed by atoms with van der Waals surface area (Å²) in [6.45, 7) is -1.52. The fraction of sp³-hybridized carbons (Fsp3) is 0.500. The number of carbonyl (C=O) groups excluding carboxylic acids is 1. The quantitative estimate of drug-likeness (QED) is 0.525. The number of alkyl halides is 4. The number of thioether (sulfide) groups is 1. The summed E-state index contributed by atoms with van der Waals surface area (Å²) in [5, 5.41) is -0.148. The van der Waals surface area contributed by atoms with Crippen molar-refractivity contribution in [3.8, 4) is 0 Å². The van der Waals surface area contributed by atoms with Crippen LogP contribution >= 0.6 is 11.8 Å². The Labute approximate surface area is 119 Å². The van der Waals surface area contributed by atoms with Gasteiger partial charge in [-0.25, -0.2) is 17.6 Å². The van der Waals surface area contributed by atoms with Gasteiger partial charge in [0.2, 0.25) is 5.12 Å². The summed E-state index contributed by atoms with van der Waals surface area (Å²) in [5.74, 6) is 0.313. The Morgan fingerprint density at radius 2 is 1.75 bits per heavy atom. The summed E-state index contributed by atoms with van der Waals surface area (Å²) in [7, 11) is 0. The van der Waals surface area contributed by atoms with Crippen molar-refractivity contribution in [1.29, 1.82) is 0 Å². The highest BCUT2D eigenvalue weighted by Gasteiger charge is 2.29. The van der Waals surface area contributed by atoms with Crippen molar-refractivity contribution >= 4 is 16.9 Å². The number of halogens is 4. The van der Waals surface area contributed by atoms with E-state index in [1.165, 1.54) is 0 Å². The van der Waals surface area contributed by atoms with Crippen molar-refractivity contribution in [3.63, 3.8) is 0 Å². The highest BCUT2D eigenvalue weighted by Crippen LogP contribution is 2.19. The van der Waals surface area contributed by atoms with Crippen LogP contribution in [0.5, 0.6) is 0 Å². The van der Waals surface area contributed by atoms with Gasteiger partial charge in [-0.1, -0.05) is 42.1 Å². The van der Waals surface area contributed by atoms with Gasteiger partial charge in [-0.2, -0.15) is 0 Å². The molecule has 3 atom stereocenters. The van der Waals surface area contributed by atoms with Crippen molar-refractivity contribution in [2.45, 2.75) is 31.4 Å². The Morgan fingerprint density at radius 3 is 2.35 bits per heavy atom. The third kappa shape index (κ3) is 5.53. The molecular formula is C14H16F4OS. The van der Waals surface area contributed by atoms with E-state index in [4.69, 9.17) is 0 Å². The number of hydrogen-bond donors (Lipinski definition) is 0. The lowest BCUT2D eigenvalue weighted by Gasteiger charge is -2.14. The van der Waals surface area contributed by atoms with E-state index in [1.807, 2.05) is 0 Å². The van der Waals surface area contributed by atoms with Gasteiger partial charge in [0.15, 0.2) is 12.3 Å². The Balaban J connectivity index is 2.23. The summed E-state index contributed by atoms with van der Waals surface area (Å²) in [6, 6.07) is 8.59. The molecule has 0 heterocycles. The first-order chi connectivity index (χ1) is 9.56. The molecule has 0 bridgehead atoms. The maximum atomic E-state index is 13.2. The molecular weight excluding hydrogens is 292 g/mol. The Bertz CT molecular complexity index is 401. The fourth-order valence-electron chi connectivity index (χ4n) is 1.57. The summed E-state index contributed by atoms with van der Waals surface area (Å²) in [5.41, 5.74) is 0.541. The van der Waals surface area contributed by atoms with E-state index in [2.05, 4.69) is 0 Å². The highest BCUT2D eigenvalue weighted by atomic mass is 32.2. The molecule has 1 aromatic rings. The fourth-order valence-corrected chi connectivity index (χ4v) is 2.37. The van der Waals surface area contributed by atoms with E-state index in [9.17, 15) is 22.4 Å². The molecule has 20 heavy (non-hydrogen) atoms. The normalized spacial score (nSPS) is 15.6. The third-order valence-corrected chi connectivity index (χ3v) is 3.70. The molecule has 0 saturated carbocycles. The predicted molar refractivity (Wildman–Crippen MR) is 73.1 cm³/mol. The average Bonchev–Trinajstić information content (AvgIpc) is 2.50. The molecule has 0 aliphatic rings. The Hall–Kier alpha value is -1.04. The van der Waals surface area contributed by atoms with Crippen molar-refractivity contribution < 1.29 is 22.4 Å². The summed E-state index contributed by atoms with van der Waals surface area (Å²) in [4.78, 5) is 11.7. The molecule has 112 valence electrons. The van der Waals surface area contributed by atoms with Crippen molar-refractivity contribution in [3.05, 3.63) is 35.9 Å². The van der Waals surface area contributed by atoms with Gasteiger partial charge in [0.1, 0.15) is 12.8 Å². The van der Waals surface area contributed by atoms with E-state index in [0.29, 0.717) is 11.3 Å². The zero-order chi connectivity index (χ0) is 15.0. The molecule has 0 fully saturated rings. The first-order valence-electron chi connectivity index (χ1n) is 6.26. The Morgan fingerprint density at radius 1 is 1.10 bits per heavy atom. The van der Waals surface area contributed by atoms with Gasteiger partial charge >= 0.3 is 0 Å².